The lowest BCUT2D eigenvalue weighted by Gasteiger charge is -2.21. The predicted octanol–water partition coefficient (Wildman–Crippen LogP) is 3.12. The number of nitrogens with zero attached hydrogens (tertiary/aromatic N) is 1. The van der Waals surface area contributed by atoms with Gasteiger partial charge in [0, 0.05) is 13.2 Å². The highest BCUT2D eigenvalue weighted by Gasteiger charge is 2.29. The largest absolute Gasteiger partial charge is 0.492 e. The Kier molecular flexibility index (Phi) is 9.43. The Morgan fingerprint density at radius 3 is 2.67 bits per heavy atom. The van der Waals surface area contributed by atoms with Crippen molar-refractivity contribution in [1.82, 2.24) is 10.6 Å². The van der Waals surface area contributed by atoms with Crippen LogP contribution in [-0.4, -0.2) is 44.4 Å². The van der Waals surface area contributed by atoms with Crippen LogP contribution >= 0.6 is 24.0 Å². The van der Waals surface area contributed by atoms with Gasteiger partial charge in [0.2, 0.25) is 0 Å². The molecular formula is C18H30IN3O2. The van der Waals surface area contributed by atoms with Crippen molar-refractivity contribution < 1.29 is 9.47 Å². The molecule has 1 unspecified atom stereocenters. The molecule has 1 saturated heterocycles. The van der Waals surface area contributed by atoms with E-state index in [1.807, 2.05) is 12.1 Å². The van der Waals surface area contributed by atoms with Crippen LogP contribution in [0.15, 0.2) is 29.3 Å². The highest BCUT2D eigenvalue weighted by molar-refractivity contribution is 14.0. The van der Waals surface area contributed by atoms with Crippen molar-refractivity contribution in [3.05, 3.63) is 29.8 Å². The van der Waals surface area contributed by atoms with Crippen molar-refractivity contribution >= 4 is 29.9 Å². The fraction of sp³-hybridized carbons (Fsp3) is 0.611. The second-order valence-electron chi connectivity index (χ2n) is 6.19. The van der Waals surface area contributed by atoms with Gasteiger partial charge in [0.15, 0.2) is 5.96 Å². The summed E-state index contributed by atoms with van der Waals surface area (Å²) in [6.07, 6.45) is 2.20. The summed E-state index contributed by atoms with van der Waals surface area (Å²) in [5.74, 6) is 1.71. The minimum Gasteiger partial charge on any atom is -0.492 e. The molecule has 136 valence electrons. The number of benzene rings is 1. The van der Waals surface area contributed by atoms with E-state index in [1.54, 1.807) is 0 Å². The molecule has 6 heteroatoms. The number of aryl methyl sites for hydroxylation is 1. The Morgan fingerprint density at radius 2 is 2.04 bits per heavy atom. The zero-order valence-electron chi connectivity index (χ0n) is 14.9. The minimum atomic E-state index is -0.110. The lowest BCUT2D eigenvalue weighted by Crippen LogP contribution is -2.40. The van der Waals surface area contributed by atoms with Crippen molar-refractivity contribution in [2.75, 3.05) is 32.8 Å². The van der Waals surface area contributed by atoms with Crippen LogP contribution in [0, 0.1) is 6.92 Å². The van der Waals surface area contributed by atoms with E-state index in [-0.39, 0.29) is 29.6 Å². The smallest absolute Gasteiger partial charge is 0.191 e. The molecule has 1 aliphatic heterocycles. The Balaban J connectivity index is 0.00000288. The predicted molar refractivity (Wildman–Crippen MR) is 110 cm³/mol. The molecule has 0 saturated carbocycles. The van der Waals surface area contributed by atoms with Crippen LogP contribution < -0.4 is 15.4 Å². The molecule has 0 aliphatic carbocycles. The van der Waals surface area contributed by atoms with Crippen molar-refractivity contribution in [2.24, 2.45) is 4.99 Å². The first-order valence-electron chi connectivity index (χ1n) is 8.47. The third-order valence-electron chi connectivity index (χ3n) is 3.90. The Labute approximate surface area is 162 Å². The van der Waals surface area contributed by atoms with Gasteiger partial charge in [-0.05, 0) is 45.7 Å². The Morgan fingerprint density at radius 1 is 1.29 bits per heavy atom. The van der Waals surface area contributed by atoms with Crippen LogP contribution in [0.2, 0.25) is 0 Å². The van der Waals surface area contributed by atoms with Gasteiger partial charge in [0.25, 0.3) is 0 Å². The van der Waals surface area contributed by atoms with Gasteiger partial charge >= 0.3 is 0 Å². The van der Waals surface area contributed by atoms with E-state index in [0.29, 0.717) is 19.7 Å². The molecule has 1 atom stereocenters. The number of guanidine groups is 1. The average molecular weight is 447 g/mol. The van der Waals surface area contributed by atoms with Crippen LogP contribution in [0.3, 0.4) is 0 Å². The lowest BCUT2D eigenvalue weighted by molar-refractivity contribution is 0.0283. The topological polar surface area (TPSA) is 54.9 Å². The molecular weight excluding hydrogens is 417 g/mol. The molecule has 1 fully saturated rings. The summed E-state index contributed by atoms with van der Waals surface area (Å²) in [6.45, 7) is 9.93. The number of hydrogen-bond donors (Lipinski definition) is 2. The van der Waals surface area contributed by atoms with Gasteiger partial charge in [-0.1, -0.05) is 17.7 Å². The SMILES string of the molecule is CCNC(=NCC1(C)CCCO1)NCCOc1ccc(C)cc1.I. The standard InChI is InChI=1S/C18H29N3O2.HI/c1-4-19-17(21-14-18(3)10-5-12-23-18)20-11-13-22-16-8-6-15(2)7-9-16;/h6-9H,4-5,10-14H2,1-3H3,(H2,19,20,21);1H. The Bertz CT molecular complexity index is 499. The summed E-state index contributed by atoms with van der Waals surface area (Å²) in [7, 11) is 0. The molecule has 1 aromatic rings. The third-order valence-corrected chi connectivity index (χ3v) is 3.90. The first-order valence-corrected chi connectivity index (χ1v) is 8.47. The molecule has 24 heavy (non-hydrogen) atoms. The van der Waals surface area contributed by atoms with E-state index >= 15 is 0 Å². The number of rotatable bonds is 7. The normalized spacial score (nSPS) is 20.4. The second-order valence-corrected chi connectivity index (χ2v) is 6.19. The van der Waals surface area contributed by atoms with Crippen molar-refractivity contribution in [3.63, 3.8) is 0 Å². The molecule has 5 nitrogen and oxygen atoms in total. The number of halogens is 1. The lowest BCUT2D eigenvalue weighted by atomic mass is 10.0. The van der Waals surface area contributed by atoms with Crippen LogP contribution in [0.25, 0.3) is 0 Å². The summed E-state index contributed by atoms with van der Waals surface area (Å²) in [5.41, 5.74) is 1.13. The van der Waals surface area contributed by atoms with Gasteiger partial charge in [0.1, 0.15) is 12.4 Å². The van der Waals surface area contributed by atoms with E-state index in [9.17, 15) is 0 Å². The molecule has 1 heterocycles. The monoisotopic (exact) mass is 447 g/mol. The zero-order valence-corrected chi connectivity index (χ0v) is 17.3. The summed E-state index contributed by atoms with van der Waals surface area (Å²) in [6, 6.07) is 8.09. The van der Waals surface area contributed by atoms with Gasteiger partial charge < -0.3 is 20.1 Å². The summed E-state index contributed by atoms with van der Waals surface area (Å²) in [5, 5.41) is 6.56. The number of hydrogen-bond acceptors (Lipinski definition) is 3. The van der Waals surface area contributed by atoms with Crippen molar-refractivity contribution in [2.45, 2.75) is 39.2 Å². The zero-order chi connectivity index (χ0) is 16.5. The first kappa shape index (κ1) is 21.0. The summed E-state index contributed by atoms with van der Waals surface area (Å²) >= 11 is 0. The molecule has 1 aliphatic rings. The van der Waals surface area contributed by atoms with Gasteiger partial charge in [-0.3, -0.25) is 4.99 Å². The third kappa shape index (κ3) is 7.25. The second kappa shape index (κ2) is 10.8. The molecule has 0 amide bonds. The molecule has 0 bridgehead atoms. The number of aliphatic imine (C=N–C) groups is 1. The maximum absolute atomic E-state index is 5.77. The quantitative estimate of drug-likeness (QED) is 0.292. The van der Waals surface area contributed by atoms with E-state index in [4.69, 9.17) is 9.47 Å². The van der Waals surface area contributed by atoms with Crippen molar-refractivity contribution in [1.29, 1.82) is 0 Å². The summed E-state index contributed by atoms with van der Waals surface area (Å²) in [4.78, 5) is 4.64. The molecule has 1 aromatic carbocycles. The van der Waals surface area contributed by atoms with Crippen LogP contribution in [0.1, 0.15) is 32.3 Å². The summed E-state index contributed by atoms with van der Waals surface area (Å²) < 4.78 is 11.5. The first-order chi connectivity index (χ1) is 11.1. The van der Waals surface area contributed by atoms with Gasteiger partial charge in [-0.25, -0.2) is 0 Å². The van der Waals surface area contributed by atoms with Crippen LogP contribution in [-0.2, 0) is 4.74 Å². The van der Waals surface area contributed by atoms with Crippen LogP contribution in [0.5, 0.6) is 5.75 Å². The fourth-order valence-corrected chi connectivity index (χ4v) is 2.52. The number of ether oxygens (including phenoxy) is 2. The maximum Gasteiger partial charge on any atom is 0.191 e. The maximum atomic E-state index is 5.77. The molecule has 0 radical (unpaired) electrons. The Hall–Kier alpha value is -1.02. The molecule has 2 N–H and O–H groups in total. The fourth-order valence-electron chi connectivity index (χ4n) is 2.52. The average Bonchev–Trinajstić information content (AvgIpc) is 2.98. The highest BCUT2D eigenvalue weighted by atomic mass is 127. The number of nitrogens with one attached hydrogen (secondary N) is 2. The molecule has 2 rings (SSSR count). The van der Waals surface area contributed by atoms with Crippen molar-refractivity contribution in [3.8, 4) is 5.75 Å². The minimum absolute atomic E-state index is 0. The van der Waals surface area contributed by atoms with Gasteiger partial charge in [-0.15, -0.1) is 24.0 Å². The van der Waals surface area contributed by atoms with E-state index < -0.39 is 0 Å². The molecule has 0 aromatic heterocycles. The van der Waals surface area contributed by atoms with Gasteiger partial charge in [0.05, 0.1) is 18.7 Å². The van der Waals surface area contributed by atoms with E-state index in [0.717, 1.165) is 37.7 Å². The molecule has 0 spiro atoms. The van der Waals surface area contributed by atoms with Gasteiger partial charge in [-0.2, -0.15) is 0 Å². The van der Waals surface area contributed by atoms with E-state index in [1.165, 1.54) is 5.56 Å². The highest BCUT2D eigenvalue weighted by Crippen LogP contribution is 2.24. The van der Waals surface area contributed by atoms with E-state index in [2.05, 4.69) is 48.5 Å². The van der Waals surface area contributed by atoms with Crippen LogP contribution in [0.4, 0.5) is 0 Å².